The summed E-state index contributed by atoms with van der Waals surface area (Å²) in [5, 5.41) is -0.0574. The van der Waals surface area contributed by atoms with Gasteiger partial charge in [-0.25, -0.2) is 4.39 Å². The van der Waals surface area contributed by atoms with Crippen molar-refractivity contribution in [2.24, 2.45) is 11.7 Å². The SMILES string of the molecule is CC1CCC(C(N)=O)CN1C(=O)c1cc(F)c(Cl)cc1Cl. The summed E-state index contributed by atoms with van der Waals surface area (Å²) in [6, 6.07) is 2.15. The number of nitrogens with two attached hydrogens (primary N) is 1. The second kappa shape index (κ2) is 6.20. The Labute approximate surface area is 132 Å². The van der Waals surface area contributed by atoms with Crippen LogP contribution in [0.3, 0.4) is 0 Å². The molecule has 0 aliphatic carbocycles. The van der Waals surface area contributed by atoms with E-state index in [1.165, 1.54) is 11.0 Å². The molecule has 1 aliphatic heterocycles. The van der Waals surface area contributed by atoms with Crippen LogP contribution in [0.4, 0.5) is 4.39 Å². The van der Waals surface area contributed by atoms with E-state index in [9.17, 15) is 14.0 Å². The van der Waals surface area contributed by atoms with Gasteiger partial charge in [0.25, 0.3) is 5.91 Å². The normalized spacial score (nSPS) is 22.2. The van der Waals surface area contributed by atoms with E-state index in [2.05, 4.69) is 0 Å². The number of primary amides is 1. The van der Waals surface area contributed by atoms with Gasteiger partial charge in [-0.15, -0.1) is 0 Å². The number of nitrogens with zero attached hydrogens (tertiary/aromatic N) is 1. The average molecular weight is 333 g/mol. The highest BCUT2D eigenvalue weighted by Crippen LogP contribution is 2.29. The van der Waals surface area contributed by atoms with Crippen LogP contribution in [-0.2, 0) is 4.79 Å². The molecule has 2 atom stereocenters. The molecule has 0 aromatic heterocycles. The number of piperidine rings is 1. The zero-order valence-electron chi connectivity index (χ0n) is 11.4. The Hall–Kier alpha value is -1.33. The number of carbonyl (C=O) groups is 2. The molecule has 0 radical (unpaired) electrons. The van der Waals surface area contributed by atoms with Crippen LogP contribution in [0.25, 0.3) is 0 Å². The Bertz CT molecular complexity index is 595. The van der Waals surface area contributed by atoms with Gasteiger partial charge in [0, 0.05) is 12.6 Å². The van der Waals surface area contributed by atoms with Crippen LogP contribution in [-0.4, -0.2) is 29.3 Å². The van der Waals surface area contributed by atoms with Crippen LogP contribution in [0, 0.1) is 11.7 Å². The minimum absolute atomic E-state index is 0.0375. The van der Waals surface area contributed by atoms with E-state index < -0.39 is 17.6 Å². The van der Waals surface area contributed by atoms with Gasteiger partial charge in [-0.1, -0.05) is 23.2 Å². The van der Waals surface area contributed by atoms with Gasteiger partial charge < -0.3 is 10.6 Å². The third-order valence-electron chi connectivity index (χ3n) is 3.79. The van der Waals surface area contributed by atoms with E-state index in [0.29, 0.717) is 12.8 Å². The zero-order valence-corrected chi connectivity index (χ0v) is 12.9. The van der Waals surface area contributed by atoms with Crippen molar-refractivity contribution in [3.8, 4) is 0 Å². The van der Waals surface area contributed by atoms with E-state index in [0.717, 1.165) is 6.07 Å². The van der Waals surface area contributed by atoms with Gasteiger partial charge in [0.15, 0.2) is 0 Å². The Kier molecular flexibility index (Phi) is 4.74. The molecule has 2 amide bonds. The monoisotopic (exact) mass is 332 g/mol. The van der Waals surface area contributed by atoms with Crippen LogP contribution in [0.5, 0.6) is 0 Å². The van der Waals surface area contributed by atoms with E-state index in [-0.39, 0.29) is 34.1 Å². The van der Waals surface area contributed by atoms with Crippen molar-refractivity contribution < 1.29 is 14.0 Å². The Morgan fingerprint density at radius 3 is 2.57 bits per heavy atom. The highest BCUT2D eigenvalue weighted by Gasteiger charge is 2.33. The maximum atomic E-state index is 13.6. The predicted molar refractivity (Wildman–Crippen MR) is 78.8 cm³/mol. The molecule has 114 valence electrons. The number of amides is 2. The summed E-state index contributed by atoms with van der Waals surface area (Å²) in [5.74, 6) is -1.95. The molecule has 4 nitrogen and oxygen atoms in total. The zero-order chi connectivity index (χ0) is 15.7. The maximum Gasteiger partial charge on any atom is 0.255 e. The number of hydrogen-bond donors (Lipinski definition) is 1. The molecule has 1 aliphatic rings. The first-order valence-corrected chi connectivity index (χ1v) is 7.31. The van der Waals surface area contributed by atoms with Crippen LogP contribution in [0.2, 0.25) is 10.0 Å². The summed E-state index contributed by atoms with van der Waals surface area (Å²) in [4.78, 5) is 25.4. The van der Waals surface area contributed by atoms with Crippen molar-refractivity contribution in [2.75, 3.05) is 6.54 Å². The lowest BCUT2D eigenvalue weighted by Crippen LogP contribution is -2.48. The third kappa shape index (κ3) is 3.30. The molecule has 1 saturated heterocycles. The van der Waals surface area contributed by atoms with Crippen molar-refractivity contribution in [1.82, 2.24) is 4.90 Å². The van der Waals surface area contributed by atoms with Crippen molar-refractivity contribution >= 4 is 35.0 Å². The molecule has 1 aromatic rings. The highest BCUT2D eigenvalue weighted by molar-refractivity contribution is 6.36. The van der Waals surface area contributed by atoms with Gasteiger partial charge >= 0.3 is 0 Å². The number of hydrogen-bond acceptors (Lipinski definition) is 2. The fourth-order valence-corrected chi connectivity index (χ4v) is 2.93. The topological polar surface area (TPSA) is 63.4 Å². The van der Waals surface area contributed by atoms with Gasteiger partial charge in [-0.3, -0.25) is 9.59 Å². The van der Waals surface area contributed by atoms with E-state index in [4.69, 9.17) is 28.9 Å². The molecule has 1 aromatic carbocycles. The van der Waals surface area contributed by atoms with Crippen LogP contribution in [0.1, 0.15) is 30.1 Å². The Balaban J connectivity index is 2.30. The number of rotatable bonds is 2. The molecule has 1 heterocycles. The average Bonchev–Trinajstić information content (AvgIpc) is 2.42. The van der Waals surface area contributed by atoms with Gasteiger partial charge in [0.05, 0.1) is 21.5 Å². The molecule has 21 heavy (non-hydrogen) atoms. The third-order valence-corrected chi connectivity index (χ3v) is 4.39. The Morgan fingerprint density at radius 1 is 1.29 bits per heavy atom. The van der Waals surface area contributed by atoms with Crippen molar-refractivity contribution in [1.29, 1.82) is 0 Å². The summed E-state index contributed by atoms with van der Waals surface area (Å²) < 4.78 is 13.6. The molecule has 1 fully saturated rings. The molecule has 2 rings (SSSR count). The summed E-state index contributed by atoms with van der Waals surface area (Å²) in [5.41, 5.74) is 5.34. The van der Waals surface area contributed by atoms with Gasteiger partial charge in [0.2, 0.25) is 5.91 Å². The fraction of sp³-hybridized carbons (Fsp3) is 0.429. The van der Waals surface area contributed by atoms with Crippen molar-refractivity contribution in [3.05, 3.63) is 33.6 Å². The fourth-order valence-electron chi connectivity index (χ4n) is 2.46. The molecule has 0 bridgehead atoms. The lowest BCUT2D eigenvalue weighted by atomic mass is 9.92. The number of halogens is 3. The maximum absolute atomic E-state index is 13.6. The molecular weight excluding hydrogens is 318 g/mol. The van der Waals surface area contributed by atoms with Gasteiger partial charge in [0.1, 0.15) is 5.82 Å². The molecule has 0 spiro atoms. The Morgan fingerprint density at radius 2 is 1.95 bits per heavy atom. The first kappa shape index (κ1) is 16.0. The van der Waals surface area contributed by atoms with E-state index in [1.54, 1.807) is 0 Å². The lowest BCUT2D eigenvalue weighted by molar-refractivity contribution is -0.123. The molecule has 0 saturated carbocycles. The van der Waals surface area contributed by atoms with Crippen molar-refractivity contribution in [2.45, 2.75) is 25.8 Å². The predicted octanol–water partition coefficient (Wildman–Crippen LogP) is 2.86. The minimum atomic E-state index is -0.708. The summed E-state index contributed by atoms with van der Waals surface area (Å²) >= 11 is 11.6. The summed E-state index contributed by atoms with van der Waals surface area (Å²) in [6.45, 7) is 2.09. The molecule has 2 N–H and O–H groups in total. The molecule has 2 unspecified atom stereocenters. The van der Waals surface area contributed by atoms with Gasteiger partial charge in [-0.05, 0) is 31.9 Å². The number of likely N-dealkylation sites (tertiary alicyclic amines) is 1. The standard InChI is InChI=1S/C14H15Cl2FN2O2/c1-7-2-3-8(13(18)20)6-19(7)14(21)9-4-12(17)11(16)5-10(9)15/h4-5,7-8H,2-3,6H2,1H3,(H2,18,20). The van der Waals surface area contributed by atoms with E-state index >= 15 is 0 Å². The number of carbonyl (C=O) groups excluding carboxylic acids is 2. The lowest BCUT2D eigenvalue weighted by Gasteiger charge is -2.37. The minimum Gasteiger partial charge on any atom is -0.369 e. The van der Waals surface area contributed by atoms with Crippen molar-refractivity contribution in [3.63, 3.8) is 0 Å². The van der Waals surface area contributed by atoms with E-state index in [1.807, 2.05) is 6.92 Å². The quantitative estimate of drug-likeness (QED) is 0.846. The second-order valence-electron chi connectivity index (χ2n) is 5.23. The summed E-state index contributed by atoms with van der Waals surface area (Å²) in [7, 11) is 0. The summed E-state index contributed by atoms with van der Waals surface area (Å²) in [6.07, 6.45) is 1.30. The first-order valence-electron chi connectivity index (χ1n) is 6.56. The first-order chi connectivity index (χ1) is 9.81. The van der Waals surface area contributed by atoms with Crippen LogP contribution in [0.15, 0.2) is 12.1 Å². The largest absolute Gasteiger partial charge is 0.369 e. The number of benzene rings is 1. The van der Waals surface area contributed by atoms with Crippen LogP contribution >= 0.6 is 23.2 Å². The second-order valence-corrected chi connectivity index (χ2v) is 6.04. The highest BCUT2D eigenvalue weighted by atomic mass is 35.5. The molecule has 7 heteroatoms. The molecular formula is C14H15Cl2FN2O2. The smallest absolute Gasteiger partial charge is 0.255 e. The van der Waals surface area contributed by atoms with Crippen LogP contribution < -0.4 is 5.73 Å². The van der Waals surface area contributed by atoms with Gasteiger partial charge in [-0.2, -0.15) is 0 Å².